The molecule has 2 aromatic rings. The number of hydrogen-bond donors (Lipinski definition) is 4. The number of aliphatic hydroxyl groups excluding tert-OH is 1. The van der Waals surface area contributed by atoms with Crippen LogP contribution in [0.1, 0.15) is 45.4 Å². The van der Waals surface area contributed by atoms with Crippen molar-refractivity contribution in [1.29, 1.82) is 0 Å². The molecular formula is C25H31N5O5S. The van der Waals surface area contributed by atoms with Gasteiger partial charge < -0.3 is 25.7 Å². The van der Waals surface area contributed by atoms with Crippen molar-refractivity contribution in [1.82, 2.24) is 20.5 Å². The molecular weight excluding hydrogens is 482 g/mol. The molecule has 4 atom stereocenters. The van der Waals surface area contributed by atoms with Gasteiger partial charge in [0, 0.05) is 13.0 Å². The van der Waals surface area contributed by atoms with Gasteiger partial charge in [0.1, 0.15) is 11.9 Å². The summed E-state index contributed by atoms with van der Waals surface area (Å²) in [4.78, 5) is 49.4. The van der Waals surface area contributed by atoms with Crippen molar-refractivity contribution in [3.05, 3.63) is 41.0 Å². The highest BCUT2D eigenvalue weighted by Gasteiger charge is 2.48. The van der Waals surface area contributed by atoms with Gasteiger partial charge in [0.25, 0.3) is 5.91 Å². The molecule has 11 heteroatoms. The lowest BCUT2D eigenvalue weighted by Gasteiger charge is -2.34. The number of aryl methyl sites for hydroxylation is 1. The number of nitrogens with zero attached hydrogens (tertiary/aromatic N) is 3. The molecule has 0 spiro atoms. The van der Waals surface area contributed by atoms with Crippen LogP contribution in [0.25, 0.3) is 10.4 Å². The fraction of sp³-hybridized carbons (Fsp3) is 0.480. The predicted octanol–water partition coefficient (Wildman–Crippen LogP) is 2.51. The molecule has 3 amide bonds. The fourth-order valence-corrected chi connectivity index (χ4v) is 5.50. The normalized spacial score (nSPS) is 24.9. The number of aliphatic imine (C=N–C) groups is 1. The predicted molar refractivity (Wildman–Crippen MR) is 136 cm³/mol. The van der Waals surface area contributed by atoms with Crippen molar-refractivity contribution in [2.24, 2.45) is 10.4 Å². The number of thiazole rings is 1. The third kappa shape index (κ3) is 4.72. The highest BCUT2D eigenvalue weighted by molar-refractivity contribution is 7.13. The van der Waals surface area contributed by atoms with Crippen LogP contribution in [0, 0.1) is 12.3 Å². The summed E-state index contributed by atoms with van der Waals surface area (Å²) >= 11 is 1.55. The van der Waals surface area contributed by atoms with Crippen LogP contribution in [-0.2, 0) is 15.1 Å². The second kappa shape index (κ2) is 9.29. The Morgan fingerprint density at radius 1 is 1.28 bits per heavy atom. The maximum Gasteiger partial charge on any atom is 0.405 e. The standard InChI is InChI=1S/C25H31N5O5S/c1-13-18(36-12-26-13)14-6-8-15(9-7-14)25(5)22(33)28-20(29-25)17-10-16(31)11-30(17)21(32)19(24(2,3)4)27-23(34)35/h6-9,12,16-17,19,27,31H,10-11H2,1-5H3,(H,34,35)(H,28,29,33)/t16-,17+,19?,25+/m1/s1. The minimum Gasteiger partial charge on any atom is -0.465 e. The zero-order valence-corrected chi connectivity index (χ0v) is 21.7. The highest BCUT2D eigenvalue weighted by Crippen LogP contribution is 2.35. The second-order valence-electron chi connectivity index (χ2n) is 10.5. The molecule has 4 N–H and O–H groups in total. The molecule has 0 aliphatic carbocycles. The smallest absolute Gasteiger partial charge is 0.405 e. The van der Waals surface area contributed by atoms with Crippen LogP contribution in [0.15, 0.2) is 34.8 Å². The van der Waals surface area contributed by atoms with E-state index in [0.29, 0.717) is 5.56 Å². The first-order chi connectivity index (χ1) is 16.8. The monoisotopic (exact) mass is 513 g/mol. The minimum atomic E-state index is -1.31. The number of aliphatic hydroxyl groups is 1. The fourth-order valence-electron chi connectivity index (χ4n) is 4.69. The Hall–Kier alpha value is -3.31. The number of carbonyl (C=O) groups is 3. The highest BCUT2D eigenvalue weighted by atomic mass is 32.1. The van der Waals surface area contributed by atoms with Crippen molar-refractivity contribution in [3.63, 3.8) is 0 Å². The number of carbonyl (C=O) groups excluding carboxylic acids is 2. The van der Waals surface area contributed by atoms with Crippen molar-refractivity contribution in [2.45, 2.75) is 64.8 Å². The van der Waals surface area contributed by atoms with Gasteiger partial charge in [-0.1, -0.05) is 45.0 Å². The van der Waals surface area contributed by atoms with Gasteiger partial charge in [-0.05, 0) is 30.4 Å². The molecule has 192 valence electrons. The molecule has 10 nitrogen and oxygen atoms in total. The number of benzene rings is 1. The van der Waals surface area contributed by atoms with Gasteiger partial charge in [0.15, 0.2) is 5.54 Å². The average molecular weight is 514 g/mol. The van der Waals surface area contributed by atoms with Gasteiger partial charge in [-0.15, -0.1) is 11.3 Å². The van der Waals surface area contributed by atoms with E-state index in [9.17, 15) is 24.6 Å². The Bertz CT molecular complexity index is 1220. The molecule has 0 saturated carbocycles. The zero-order chi connectivity index (χ0) is 26.4. The van der Waals surface area contributed by atoms with Crippen molar-refractivity contribution in [2.75, 3.05) is 6.54 Å². The summed E-state index contributed by atoms with van der Waals surface area (Å²) in [5.41, 5.74) is 2.51. The lowest BCUT2D eigenvalue weighted by molar-refractivity contribution is -0.136. The molecule has 1 unspecified atom stereocenters. The number of rotatable bonds is 5. The summed E-state index contributed by atoms with van der Waals surface area (Å²) in [6.45, 7) is 8.96. The van der Waals surface area contributed by atoms with E-state index in [0.717, 1.165) is 16.1 Å². The lowest BCUT2D eigenvalue weighted by Crippen LogP contribution is -2.57. The van der Waals surface area contributed by atoms with Crippen LogP contribution >= 0.6 is 11.3 Å². The second-order valence-corrected chi connectivity index (χ2v) is 11.4. The molecule has 2 aliphatic heterocycles. The van der Waals surface area contributed by atoms with Crippen LogP contribution in [0.2, 0.25) is 0 Å². The van der Waals surface area contributed by atoms with Crippen molar-refractivity contribution >= 4 is 35.1 Å². The van der Waals surface area contributed by atoms with E-state index in [1.54, 1.807) is 44.5 Å². The summed E-state index contributed by atoms with van der Waals surface area (Å²) in [7, 11) is 0. The molecule has 1 fully saturated rings. The Balaban J connectivity index is 1.63. The SMILES string of the molecule is Cc1ncsc1-c1ccc([C@]2(C)N=C([C@@H]3C[C@@H](O)CN3C(=O)C(NC(=O)O)C(C)(C)C)NC2=O)cc1. The zero-order valence-electron chi connectivity index (χ0n) is 20.9. The summed E-state index contributed by atoms with van der Waals surface area (Å²) < 4.78 is 0. The number of amidine groups is 1. The van der Waals surface area contributed by atoms with Crippen molar-refractivity contribution in [3.8, 4) is 10.4 Å². The summed E-state index contributed by atoms with van der Waals surface area (Å²) in [6, 6.07) is 5.87. The van der Waals surface area contributed by atoms with E-state index in [4.69, 9.17) is 4.99 Å². The third-order valence-corrected chi connectivity index (χ3v) is 7.72. The molecule has 0 radical (unpaired) electrons. The van der Waals surface area contributed by atoms with Gasteiger partial charge in [0.05, 0.1) is 28.2 Å². The van der Waals surface area contributed by atoms with E-state index in [-0.39, 0.29) is 24.7 Å². The number of hydrogen-bond acceptors (Lipinski definition) is 7. The van der Waals surface area contributed by atoms with Crippen LogP contribution in [0.5, 0.6) is 0 Å². The maximum absolute atomic E-state index is 13.4. The number of carboxylic acid groups (broad SMARTS) is 1. The number of likely N-dealkylation sites (tertiary alicyclic amines) is 1. The molecule has 4 rings (SSSR count). The Labute approximate surface area is 213 Å². The Morgan fingerprint density at radius 3 is 2.50 bits per heavy atom. The first-order valence-corrected chi connectivity index (χ1v) is 12.6. The Kier molecular flexibility index (Phi) is 6.65. The number of β-amino-alcohol motifs (C(OH)–C–C–N with tert-alkyl or cyclic N) is 1. The van der Waals surface area contributed by atoms with Gasteiger partial charge in [0.2, 0.25) is 5.91 Å². The van der Waals surface area contributed by atoms with Crippen LogP contribution in [-0.4, -0.2) is 68.6 Å². The number of amides is 3. The van der Waals surface area contributed by atoms with E-state index < -0.39 is 41.1 Å². The Morgan fingerprint density at radius 2 is 1.94 bits per heavy atom. The molecule has 2 aliphatic rings. The van der Waals surface area contributed by atoms with Crippen LogP contribution in [0.4, 0.5) is 4.79 Å². The first kappa shape index (κ1) is 25.8. The first-order valence-electron chi connectivity index (χ1n) is 11.7. The van der Waals surface area contributed by atoms with Gasteiger partial charge in [-0.25, -0.2) is 14.8 Å². The summed E-state index contributed by atoms with van der Waals surface area (Å²) in [6.07, 6.45) is -1.94. The van der Waals surface area contributed by atoms with E-state index in [1.165, 1.54) is 4.90 Å². The summed E-state index contributed by atoms with van der Waals surface area (Å²) in [5.74, 6) is -0.511. The third-order valence-electron chi connectivity index (χ3n) is 6.74. The quantitative estimate of drug-likeness (QED) is 0.484. The summed E-state index contributed by atoms with van der Waals surface area (Å²) in [5, 5.41) is 24.8. The molecule has 36 heavy (non-hydrogen) atoms. The molecule has 1 saturated heterocycles. The van der Waals surface area contributed by atoms with E-state index in [2.05, 4.69) is 15.6 Å². The van der Waals surface area contributed by atoms with Crippen LogP contribution < -0.4 is 10.6 Å². The van der Waals surface area contributed by atoms with E-state index in [1.807, 2.05) is 31.2 Å². The maximum atomic E-state index is 13.4. The molecule has 0 bridgehead atoms. The molecule has 3 heterocycles. The van der Waals surface area contributed by atoms with Gasteiger partial charge in [-0.3, -0.25) is 9.59 Å². The van der Waals surface area contributed by atoms with E-state index >= 15 is 0 Å². The number of aromatic nitrogens is 1. The minimum absolute atomic E-state index is 0.0197. The molecule has 1 aromatic heterocycles. The largest absolute Gasteiger partial charge is 0.465 e. The molecule has 1 aromatic carbocycles. The number of nitrogens with one attached hydrogen (secondary N) is 2. The average Bonchev–Trinajstić information content (AvgIpc) is 3.48. The lowest BCUT2D eigenvalue weighted by atomic mass is 9.85. The van der Waals surface area contributed by atoms with Gasteiger partial charge >= 0.3 is 6.09 Å². The topological polar surface area (TPSA) is 144 Å². The van der Waals surface area contributed by atoms with Crippen LogP contribution in [0.3, 0.4) is 0 Å². The van der Waals surface area contributed by atoms with Gasteiger partial charge in [-0.2, -0.15) is 0 Å². The van der Waals surface area contributed by atoms with Crippen molar-refractivity contribution < 1.29 is 24.6 Å².